The highest BCUT2D eigenvalue weighted by Crippen LogP contribution is 2.26. The number of hydrogen-bond donors (Lipinski definition) is 0. The summed E-state index contributed by atoms with van der Waals surface area (Å²) in [5.41, 5.74) is 0. The molecule has 0 atom stereocenters. The van der Waals surface area contributed by atoms with Crippen molar-refractivity contribution in [3.63, 3.8) is 0 Å². The number of benzene rings is 1. The molecule has 0 fully saturated rings. The minimum Gasteiger partial charge on any atom is -0.493 e. The summed E-state index contributed by atoms with van der Waals surface area (Å²) in [6, 6.07) is 7.26. The third-order valence-corrected chi connectivity index (χ3v) is 4.94. The number of para-hydroxylation sites is 2. The molecule has 0 aromatic heterocycles. The van der Waals surface area contributed by atoms with E-state index >= 15 is 0 Å². The zero-order valence-corrected chi connectivity index (χ0v) is 18.1. The van der Waals surface area contributed by atoms with Crippen molar-refractivity contribution in [3.05, 3.63) is 36.4 Å². The van der Waals surface area contributed by atoms with E-state index in [1.807, 2.05) is 12.1 Å². The van der Waals surface area contributed by atoms with Crippen molar-refractivity contribution in [2.75, 3.05) is 7.11 Å². The Morgan fingerprint density at radius 3 is 1.93 bits per heavy atom. The van der Waals surface area contributed by atoms with Crippen LogP contribution in [0, 0.1) is 0 Å². The van der Waals surface area contributed by atoms with Gasteiger partial charge in [0.05, 0.1) is 7.11 Å². The Morgan fingerprint density at radius 1 is 0.786 bits per heavy atom. The van der Waals surface area contributed by atoms with Crippen molar-refractivity contribution < 1.29 is 14.3 Å². The molecule has 0 aliphatic heterocycles. The second kappa shape index (κ2) is 17.3. The first-order chi connectivity index (χ1) is 13.8. The van der Waals surface area contributed by atoms with Crippen molar-refractivity contribution in [1.29, 1.82) is 0 Å². The molecule has 1 aromatic rings. The van der Waals surface area contributed by atoms with E-state index in [1.54, 1.807) is 19.2 Å². The van der Waals surface area contributed by atoms with Crippen molar-refractivity contribution >= 4 is 5.97 Å². The molecule has 0 saturated heterocycles. The highest BCUT2D eigenvalue weighted by molar-refractivity contribution is 5.73. The van der Waals surface area contributed by atoms with Crippen LogP contribution in [-0.4, -0.2) is 13.1 Å². The number of unbranched alkanes of at least 4 members (excludes halogenated alkanes) is 11. The van der Waals surface area contributed by atoms with E-state index in [1.165, 1.54) is 70.6 Å². The topological polar surface area (TPSA) is 35.5 Å². The van der Waals surface area contributed by atoms with Gasteiger partial charge >= 0.3 is 5.97 Å². The van der Waals surface area contributed by atoms with E-state index in [0.717, 1.165) is 12.8 Å². The van der Waals surface area contributed by atoms with Crippen LogP contribution in [0.3, 0.4) is 0 Å². The SMILES string of the molecule is CCCCCCCCC=CCCCCCCCC(=O)Oc1ccccc1OC. The third kappa shape index (κ3) is 12.6. The molecule has 0 amide bonds. The maximum atomic E-state index is 11.9. The molecule has 28 heavy (non-hydrogen) atoms. The molecule has 0 radical (unpaired) electrons. The summed E-state index contributed by atoms with van der Waals surface area (Å²) >= 11 is 0. The van der Waals surface area contributed by atoms with E-state index in [2.05, 4.69) is 19.1 Å². The van der Waals surface area contributed by atoms with E-state index in [4.69, 9.17) is 9.47 Å². The molecule has 3 nitrogen and oxygen atoms in total. The first kappa shape index (κ1) is 24.3. The van der Waals surface area contributed by atoms with Gasteiger partial charge in [0, 0.05) is 6.42 Å². The van der Waals surface area contributed by atoms with Crippen molar-refractivity contribution in [1.82, 2.24) is 0 Å². The van der Waals surface area contributed by atoms with E-state index in [-0.39, 0.29) is 5.97 Å². The Bertz CT molecular complexity index is 536. The third-order valence-electron chi connectivity index (χ3n) is 4.94. The van der Waals surface area contributed by atoms with Crippen molar-refractivity contribution in [2.24, 2.45) is 0 Å². The number of allylic oxidation sites excluding steroid dienone is 2. The Kier molecular flexibility index (Phi) is 15.0. The predicted octanol–water partition coefficient (Wildman–Crippen LogP) is 7.64. The van der Waals surface area contributed by atoms with Crippen molar-refractivity contribution in [3.8, 4) is 11.5 Å². The minimum atomic E-state index is -0.179. The summed E-state index contributed by atoms with van der Waals surface area (Å²) in [5, 5.41) is 0. The summed E-state index contributed by atoms with van der Waals surface area (Å²) in [6.45, 7) is 2.26. The van der Waals surface area contributed by atoms with Gasteiger partial charge in [-0.25, -0.2) is 0 Å². The van der Waals surface area contributed by atoms with Gasteiger partial charge in [-0.2, -0.15) is 0 Å². The van der Waals surface area contributed by atoms with E-state index in [0.29, 0.717) is 17.9 Å². The maximum absolute atomic E-state index is 11.9. The van der Waals surface area contributed by atoms with Gasteiger partial charge in [-0.3, -0.25) is 4.79 Å². The smallest absolute Gasteiger partial charge is 0.311 e. The van der Waals surface area contributed by atoms with Crippen LogP contribution in [0.1, 0.15) is 96.8 Å². The fourth-order valence-electron chi connectivity index (χ4n) is 3.22. The lowest BCUT2D eigenvalue weighted by molar-refractivity contribution is -0.134. The predicted molar refractivity (Wildman–Crippen MR) is 118 cm³/mol. The molecule has 158 valence electrons. The molecular formula is C25H40O3. The normalized spacial score (nSPS) is 11.1. The summed E-state index contributed by atoms with van der Waals surface area (Å²) < 4.78 is 10.6. The van der Waals surface area contributed by atoms with Gasteiger partial charge in [0.1, 0.15) is 0 Å². The van der Waals surface area contributed by atoms with Gasteiger partial charge in [0.15, 0.2) is 11.5 Å². The van der Waals surface area contributed by atoms with Crippen LogP contribution in [0.15, 0.2) is 36.4 Å². The molecule has 0 saturated carbocycles. The van der Waals surface area contributed by atoms with Gasteiger partial charge in [-0.15, -0.1) is 0 Å². The molecule has 1 aromatic carbocycles. The largest absolute Gasteiger partial charge is 0.493 e. The van der Waals surface area contributed by atoms with Gasteiger partial charge < -0.3 is 9.47 Å². The van der Waals surface area contributed by atoms with Gasteiger partial charge in [-0.05, 0) is 44.2 Å². The molecule has 0 unspecified atom stereocenters. The second-order valence-corrected chi connectivity index (χ2v) is 7.46. The maximum Gasteiger partial charge on any atom is 0.311 e. The summed E-state index contributed by atoms with van der Waals surface area (Å²) in [5.74, 6) is 0.922. The molecule has 0 heterocycles. The first-order valence-electron chi connectivity index (χ1n) is 11.3. The zero-order chi connectivity index (χ0) is 20.3. The number of ether oxygens (including phenoxy) is 2. The Morgan fingerprint density at radius 2 is 1.32 bits per heavy atom. The van der Waals surface area contributed by atoms with Crippen LogP contribution >= 0.6 is 0 Å². The van der Waals surface area contributed by atoms with Gasteiger partial charge in [0.2, 0.25) is 0 Å². The lowest BCUT2D eigenvalue weighted by Crippen LogP contribution is -2.08. The van der Waals surface area contributed by atoms with Crippen LogP contribution in [0.4, 0.5) is 0 Å². The average Bonchev–Trinajstić information content (AvgIpc) is 2.71. The number of carbonyl (C=O) groups excluding carboxylic acids is 1. The van der Waals surface area contributed by atoms with E-state index in [9.17, 15) is 4.79 Å². The second-order valence-electron chi connectivity index (χ2n) is 7.46. The highest BCUT2D eigenvalue weighted by Gasteiger charge is 2.08. The number of carbonyl (C=O) groups is 1. The fourth-order valence-corrected chi connectivity index (χ4v) is 3.22. The number of methoxy groups -OCH3 is 1. The van der Waals surface area contributed by atoms with E-state index < -0.39 is 0 Å². The van der Waals surface area contributed by atoms with Crippen LogP contribution in [-0.2, 0) is 4.79 Å². The molecule has 0 aliphatic rings. The standard InChI is InChI=1S/C25H40O3/c1-3-4-5-6-7-8-9-10-11-12-13-14-15-16-17-22-25(26)28-24-21-19-18-20-23(24)27-2/h10-11,18-21H,3-9,12-17,22H2,1-2H3. The number of hydrogen-bond acceptors (Lipinski definition) is 3. The first-order valence-corrected chi connectivity index (χ1v) is 11.3. The van der Waals surface area contributed by atoms with Crippen LogP contribution in [0.5, 0.6) is 11.5 Å². The molecule has 3 heteroatoms. The monoisotopic (exact) mass is 388 g/mol. The Hall–Kier alpha value is -1.77. The number of rotatable bonds is 17. The average molecular weight is 389 g/mol. The summed E-state index contributed by atoms with van der Waals surface area (Å²) in [7, 11) is 1.58. The minimum absolute atomic E-state index is 0.179. The summed E-state index contributed by atoms with van der Waals surface area (Å²) in [4.78, 5) is 11.9. The highest BCUT2D eigenvalue weighted by atomic mass is 16.6. The Labute approximate surface area is 172 Å². The summed E-state index contributed by atoms with van der Waals surface area (Å²) in [6.07, 6.45) is 21.5. The molecule has 0 N–H and O–H groups in total. The Balaban J connectivity index is 1.92. The lowest BCUT2D eigenvalue weighted by Gasteiger charge is -2.08. The molecule has 0 bridgehead atoms. The fraction of sp³-hybridized carbons (Fsp3) is 0.640. The number of esters is 1. The van der Waals surface area contributed by atoms with Gasteiger partial charge in [-0.1, -0.05) is 82.6 Å². The molecule has 0 spiro atoms. The molecular weight excluding hydrogens is 348 g/mol. The van der Waals surface area contributed by atoms with Crippen LogP contribution in [0.25, 0.3) is 0 Å². The van der Waals surface area contributed by atoms with Crippen LogP contribution < -0.4 is 9.47 Å². The van der Waals surface area contributed by atoms with Gasteiger partial charge in [0.25, 0.3) is 0 Å². The molecule has 1 rings (SSSR count). The lowest BCUT2D eigenvalue weighted by atomic mass is 10.1. The zero-order valence-electron chi connectivity index (χ0n) is 18.1. The quantitative estimate of drug-likeness (QED) is 0.119. The molecule has 0 aliphatic carbocycles. The van der Waals surface area contributed by atoms with Crippen molar-refractivity contribution in [2.45, 2.75) is 96.8 Å². The van der Waals surface area contributed by atoms with Crippen LogP contribution in [0.2, 0.25) is 0 Å².